The quantitative estimate of drug-likeness (QED) is 0.405. The van der Waals surface area contributed by atoms with Crippen LogP contribution < -0.4 is 5.32 Å². The van der Waals surface area contributed by atoms with Crippen molar-refractivity contribution in [3.05, 3.63) is 0 Å². The monoisotopic (exact) mass is 491 g/mol. The van der Waals surface area contributed by atoms with Gasteiger partial charge in [-0.3, -0.25) is 4.79 Å². The van der Waals surface area contributed by atoms with Crippen LogP contribution in [0.25, 0.3) is 0 Å². The maximum Gasteiger partial charge on any atom is 0.366 e. The minimum atomic E-state index is -2.38. The van der Waals surface area contributed by atoms with Gasteiger partial charge in [0.2, 0.25) is 5.91 Å². The number of rotatable bonds is 7. The second-order valence-electron chi connectivity index (χ2n) is 10.7. The van der Waals surface area contributed by atoms with Gasteiger partial charge in [-0.15, -0.1) is 0 Å². The van der Waals surface area contributed by atoms with Crippen LogP contribution in [-0.4, -0.2) is 88.2 Å². The summed E-state index contributed by atoms with van der Waals surface area (Å²) in [5.41, 5.74) is 0. The summed E-state index contributed by atoms with van der Waals surface area (Å²) >= 11 is 0. The first-order valence-corrected chi connectivity index (χ1v) is 14.2. The molecule has 0 spiro atoms. The molecule has 1 amide bonds. The molecule has 0 aromatic heterocycles. The number of amides is 1. The van der Waals surface area contributed by atoms with E-state index in [4.69, 9.17) is 28.1 Å². The molecule has 11 heteroatoms. The van der Waals surface area contributed by atoms with E-state index in [1.54, 1.807) is 13.8 Å². The first-order valence-electron chi connectivity index (χ1n) is 11.2. The number of esters is 1. The van der Waals surface area contributed by atoms with Crippen molar-refractivity contribution < 1.29 is 42.8 Å². The van der Waals surface area contributed by atoms with Gasteiger partial charge in [0.05, 0.1) is 25.9 Å². The second kappa shape index (κ2) is 9.88. The van der Waals surface area contributed by atoms with Crippen LogP contribution in [0.2, 0.25) is 18.1 Å². The van der Waals surface area contributed by atoms with E-state index in [1.807, 2.05) is 0 Å². The highest BCUT2D eigenvalue weighted by Crippen LogP contribution is 2.42. The maximum absolute atomic E-state index is 12.8. The summed E-state index contributed by atoms with van der Waals surface area (Å²) in [6, 6.07) is -0.771. The molecule has 2 rings (SSSR count). The van der Waals surface area contributed by atoms with E-state index in [2.05, 4.69) is 39.2 Å². The molecule has 0 saturated carbocycles. The number of methoxy groups -OCH3 is 2. The highest BCUT2D eigenvalue weighted by atomic mass is 28.4. The van der Waals surface area contributed by atoms with E-state index in [-0.39, 0.29) is 24.0 Å². The van der Waals surface area contributed by atoms with Crippen LogP contribution in [0.4, 0.5) is 0 Å². The molecule has 0 radical (unpaired) electrons. The van der Waals surface area contributed by atoms with E-state index in [9.17, 15) is 14.7 Å². The molecule has 2 N–H and O–H groups in total. The van der Waals surface area contributed by atoms with Gasteiger partial charge < -0.3 is 38.5 Å². The van der Waals surface area contributed by atoms with Gasteiger partial charge in [-0.1, -0.05) is 20.8 Å². The lowest BCUT2D eigenvalue weighted by Crippen LogP contribution is -2.69. The van der Waals surface area contributed by atoms with Crippen LogP contribution >= 0.6 is 0 Å². The minimum Gasteiger partial charge on any atom is -0.465 e. The lowest BCUT2D eigenvalue weighted by Gasteiger charge is -2.50. The van der Waals surface area contributed by atoms with Crippen LogP contribution in [-0.2, 0) is 37.7 Å². The Balaban J connectivity index is 2.52. The Bertz CT molecular complexity index is 723. The number of ether oxygens (including phenoxy) is 5. The van der Waals surface area contributed by atoms with Crippen molar-refractivity contribution >= 4 is 20.2 Å². The molecule has 6 atom stereocenters. The van der Waals surface area contributed by atoms with E-state index in [0.29, 0.717) is 0 Å². The van der Waals surface area contributed by atoms with Crippen molar-refractivity contribution in [2.24, 2.45) is 0 Å². The third-order valence-corrected chi connectivity index (χ3v) is 11.3. The fourth-order valence-electron chi connectivity index (χ4n) is 3.90. The van der Waals surface area contributed by atoms with E-state index in [1.165, 1.54) is 21.1 Å². The molecular weight excluding hydrogens is 450 g/mol. The first kappa shape index (κ1) is 28.2. The molecule has 2 aliphatic rings. The summed E-state index contributed by atoms with van der Waals surface area (Å²) in [7, 11) is 0.192. The van der Waals surface area contributed by atoms with Gasteiger partial charge in [-0.2, -0.15) is 0 Å². The smallest absolute Gasteiger partial charge is 0.366 e. The maximum atomic E-state index is 12.8. The summed E-state index contributed by atoms with van der Waals surface area (Å²) in [6.45, 7) is 15.4. The number of aliphatic hydroxyl groups is 1. The minimum absolute atomic E-state index is 0.0234. The zero-order valence-corrected chi connectivity index (χ0v) is 22.5. The summed E-state index contributed by atoms with van der Waals surface area (Å²) < 4.78 is 34.7. The first-order chi connectivity index (χ1) is 15.0. The fraction of sp³-hybridized carbons (Fsp3) is 0.909. The topological polar surface area (TPSA) is 122 Å². The normalized spacial score (nSPS) is 33.4. The number of hydrogen-bond acceptors (Lipinski definition) is 9. The highest BCUT2D eigenvalue weighted by molar-refractivity contribution is 6.74. The SMILES string of the molecule is COC(=O)[C@]1(OC)C[C@H](O[Si](C)(C)C(C)(C)C)[C@@H](NC(C)=O)[C@H]([C@H](O)[C@H]2COC(C)(C)O2)O1. The third-order valence-electron chi connectivity index (χ3n) is 6.75. The van der Waals surface area contributed by atoms with Crippen LogP contribution in [0, 0.1) is 0 Å². The predicted molar refractivity (Wildman–Crippen MR) is 122 cm³/mol. The fourth-order valence-corrected chi connectivity index (χ4v) is 5.24. The molecule has 0 unspecified atom stereocenters. The molecule has 0 aliphatic carbocycles. The van der Waals surface area contributed by atoms with E-state index in [0.717, 1.165) is 0 Å². The summed E-state index contributed by atoms with van der Waals surface area (Å²) in [4.78, 5) is 25.0. The molecule has 2 fully saturated rings. The molecule has 10 nitrogen and oxygen atoms in total. The van der Waals surface area contributed by atoms with Gasteiger partial charge in [0.25, 0.3) is 5.79 Å². The van der Waals surface area contributed by atoms with Crippen LogP contribution in [0.5, 0.6) is 0 Å². The Hall–Kier alpha value is -1.08. The molecule has 2 aliphatic heterocycles. The second-order valence-corrected chi connectivity index (χ2v) is 15.5. The Morgan fingerprint density at radius 3 is 2.21 bits per heavy atom. The summed E-state index contributed by atoms with van der Waals surface area (Å²) in [5.74, 6) is -3.79. The van der Waals surface area contributed by atoms with Gasteiger partial charge in [-0.25, -0.2) is 4.79 Å². The van der Waals surface area contributed by atoms with Gasteiger partial charge >= 0.3 is 5.97 Å². The van der Waals surface area contributed by atoms with Crippen molar-refractivity contribution in [2.45, 2.75) is 108 Å². The highest BCUT2D eigenvalue weighted by Gasteiger charge is 2.58. The summed E-state index contributed by atoms with van der Waals surface area (Å²) in [6.07, 6.45) is -3.82. The average Bonchev–Trinajstić information content (AvgIpc) is 3.06. The molecule has 0 aromatic rings. The number of carbonyl (C=O) groups is 2. The van der Waals surface area contributed by atoms with Gasteiger partial charge in [0, 0.05) is 20.5 Å². The average molecular weight is 492 g/mol. The number of aliphatic hydroxyl groups excluding tert-OH is 1. The van der Waals surface area contributed by atoms with Crippen LogP contribution in [0.3, 0.4) is 0 Å². The van der Waals surface area contributed by atoms with Crippen LogP contribution in [0.15, 0.2) is 0 Å². The Labute approximate surface area is 197 Å². The van der Waals surface area contributed by atoms with Gasteiger partial charge in [-0.05, 0) is 32.0 Å². The lowest BCUT2D eigenvalue weighted by atomic mass is 9.88. The number of carbonyl (C=O) groups excluding carboxylic acids is 2. The van der Waals surface area contributed by atoms with Crippen molar-refractivity contribution in [1.29, 1.82) is 0 Å². The lowest BCUT2D eigenvalue weighted by molar-refractivity contribution is -0.304. The molecule has 192 valence electrons. The van der Waals surface area contributed by atoms with Crippen molar-refractivity contribution in [2.75, 3.05) is 20.8 Å². The molecular formula is C22H41NO9Si. The zero-order chi connectivity index (χ0) is 25.4. The van der Waals surface area contributed by atoms with Gasteiger partial charge in [0.15, 0.2) is 14.1 Å². The standard InChI is InChI=1S/C22H41NO9Si/c1-13(24)23-16-14(32-33(9,10)20(2,3)4)11-22(28-8,19(26)27-7)31-18(16)17(25)15-12-29-21(5,6)30-15/h14-18,25H,11-12H2,1-10H3,(H,23,24)/t14-,15+,16+,17+,18+,22-/m0/s1. The summed E-state index contributed by atoms with van der Waals surface area (Å²) in [5, 5.41) is 14.0. The predicted octanol–water partition coefficient (Wildman–Crippen LogP) is 1.70. The third kappa shape index (κ3) is 6.13. The molecule has 0 aromatic carbocycles. The zero-order valence-electron chi connectivity index (χ0n) is 21.5. The van der Waals surface area contributed by atoms with Crippen molar-refractivity contribution in [3.8, 4) is 0 Å². The molecule has 2 saturated heterocycles. The number of hydrogen-bond donors (Lipinski definition) is 2. The molecule has 33 heavy (non-hydrogen) atoms. The Morgan fingerprint density at radius 1 is 1.18 bits per heavy atom. The van der Waals surface area contributed by atoms with E-state index >= 15 is 0 Å². The van der Waals surface area contributed by atoms with Crippen molar-refractivity contribution in [3.63, 3.8) is 0 Å². The van der Waals surface area contributed by atoms with Crippen molar-refractivity contribution in [1.82, 2.24) is 5.32 Å². The van der Waals surface area contributed by atoms with E-state index < -0.39 is 56.3 Å². The number of nitrogens with one attached hydrogen (secondary N) is 1. The Morgan fingerprint density at radius 2 is 1.79 bits per heavy atom. The largest absolute Gasteiger partial charge is 0.465 e. The van der Waals surface area contributed by atoms with Gasteiger partial charge in [0.1, 0.15) is 18.3 Å². The van der Waals surface area contributed by atoms with Crippen LogP contribution in [0.1, 0.15) is 48.0 Å². The Kier molecular flexibility index (Phi) is 8.43. The molecule has 0 bridgehead atoms. The molecule has 2 heterocycles.